The zero-order chi connectivity index (χ0) is 8.36. The largest absolute Gasteiger partial charge is 0.179 e. The molecule has 1 radical (unpaired) electrons. The van der Waals surface area contributed by atoms with Crippen LogP contribution in [0.4, 0.5) is 0 Å². The topological polar surface area (TPSA) is 0 Å². The van der Waals surface area contributed by atoms with Crippen molar-refractivity contribution in [2.24, 2.45) is 0 Å². The summed E-state index contributed by atoms with van der Waals surface area (Å²) in [5.74, 6) is 3.60. The minimum absolute atomic E-state index is 1.05. The molecule has 0 fully saturated rings. The van der Waals surface area contributed by atoms with Crippen molar-refractivity contribution in [3.8, 4) is 0 Å². The second-order valence-electron chi connectivity index (χ2n) is 2.60. The molecule has 0 aliphatic heterocycles. The third-order valence-electron chi connectivity index (χ3n) is 1.49. The van der Waals surface area contributed by atoms with Gasteiger partial charge in [-0.25, -0.2) is 0 Å². The normalized spacial score (nSPS) is 10.4. The molecule has 0 unspecified atom stereocenters. The van der Waals surface area contributed by atoms with Gasteiger partial charge in [-0.1, -0.05) is 19.8 Å². The predicted octanol–water partition coefficient (Wildman–Crippen LogP) is 3.43. The fourth-order valence-corrected chi connectivity index (χ4v) is 1.91. The van der Waals surface area contributed by atoms with Crippen LogP contribution in [0.3, 0.4) is 0 Å². The SMILES string of the molecule is [CH2]CCSCCCCCCS. The van der Waals surface area contributed by atoms with Crippen molar-refractivity contribution in [2.45, 2.75) is 32.1 Å². The number of thioether (sulfide) groups is 1. The maximum Gasteiger partial charge on any atom is -0.00675 e. The lowest BCUT2D eigenvalue weighted by atomic mass is 10.2. The number of thiol groups is 1. The first-order valence-electron chi connectivity index (χ1n) is 4.39. The van der Waals surface area contributed by atoms with E-state index in [-0.39, 0.29) is 0 Å². The van der Waals surface area contributed by atoms with E-state index in [4.69, 9.17) is 0 Å². The van der Waals surface area contributed by atoms with Gasteiger partial charge in [0, 0.05) is 0 Å². The van der Waals surface area contributed by atoms with Gasteiger partial charge in [-0.05, 0) is 36.5 Å². The summed E-state index contributed by atoms with van der Waals surface area (Å²) in [7, 11) is 0. The maximum absolute atomic E-state index is 4.17. The molecule has 2 heteroatoms. The summed E-state index contributed by atoms with van der Waals surface area (Å²) in [6.07, 6.45) is 6.46. The lowest BCUT2D eigenvalue weighted by Crippen LogP contribution is -1.84. The summed E-state index contributed by atoms with van der Waals surface area (Å²) in [4.78, 5) is 0. The van der Waals surface area contributed by atoms with Gasteiger partial charge in [-0.2, -0.15) is 24.4 Å². The highest BCUT2D eigenvalue weighted by atomic mass is 32.2. The van der Waals surface area contributed by atoms with E-state index < -0.39 is 0 Å². The molecular formula is C9H19S2. The zero-order valence-corrected chi connectivity index (χ0v) is 8.93. The Bertz CT molecular complexity index is 56.6. The van der Waals surface area contributed by atoms with Gasteiger partial charge in [0.15, 0.2) is 0 Å². The molecule has 67 valence electrons. The number of unbranched alkanes of at least 4 members (excludes halogenated alkanes) is 3. The predicted molar refractivity (Wildman–Crippen MR) is 59.6 cm³/mol. The number of rotatable bonds is 8. The van der Waals surface area contributed by atoms with Crippen LogP contribution in [0, 0.1) is 6.92 Å². The molecule has 0 amide bonds. The van der Waals surface area contributed by atoms with Crippen molar-refractivity contribution >= 4 is 24.4 Å². The summed E-state index contributed by atoms with van der Waals surface area (Å²) >= 11 is 6.20. The Morgan fingerprint density at radius 1 is 1.00 bits per heavy atom. The highest BCUT2D eigenvalue weighted by molar-refractivity contribution is 7.99. The Kier molecular flexibility index (Phi) is 11.4. The summed E-state index contributed by atoms with van der Waals surface area (Å²) < 4.78 is 0. The van der Waals surface area contributed by atoms with Gasteiger partial charge >= 0.3 is 0 Å². The summed E-state index contributed by atoms with van der Waals surface area (Å²) in [5, 5.41) is 0. The number of hydrogen-bond acceptors (Lipinski definition) is 2. The molecule has 0 nitrogen and oxygen atoms in total. The van der Waals surface area contributed by atoms with Crippen LogP contribution in [0.2, 0.25) is 0 Å². The Hall–Kier alpha value is 0.700. The Morgan fingerprint density at radius 2 is 1.73 bits per heavy atom. The van der Waals surface area contributed by atoms with Crippen molar-refractivity contribution < 1.29 is 0 Å². The highest BCUT2D eigenvalue weighted by Gasteiger charge is 1.89. The van der Waals surface area contributed by atoms with E-state index in [0.717, 1.165) is 12.2 Å². The fraction of sp³-hybridized carbons (Fsp3) is 0.889. The van der Waals surface area contributed by atoms with Gasteiger partial charge in [0.05, 0.1) is 0 Å². The molecular weight excluding hydrogens is 172 g/mol. The zero-order valence-electron chi connectivity index (χ0n) is 7.22. The van der Waals surface area contributed by atoms with E-state index in [1.807, 2.05) is 11.8 Å². The van der Waals surface area contributed by atoms with E-state index in [1.54, 1.807) is 0 Å². The molecule has 0 aromatic carbocycles. The van der Waals surface area contributed by atoms with E-state index in [9.17, 15) is 0 Å². The average Bonchev–Trinajstić information content (AvgIpc) is 2.03. The second kappa shape index (κ2) is 10.7. The molecule has 0 N–H and O–H groups in total. The van der Waals surface area contributed by atoms with Gasteiger partial charge in [-0.15, -0.1) is 0 Å². The first-order chi connectivity index (χ1) is 5.41. The molecule has 0 saturated heterocycles. The van der Waals surface area contributed by atoms with Crippen LogP contribution in [0.25, 0.3) is 0 Å². The van der Waals surface area contributed by atoms with E-state index in [2.05, 4.69) is 19.6 Å². The van der Waals surface area contributed by atoms with Gasteiger partial charge in [0.2, 0.25) is 0 Å². The third-order valence-corrected chi connectivity index (χ3v) is 2.96. The smallest absolute Gasteiger partial charge is 0.00675 e. The lowest BCUT2D eigenvalue weighted by Gasteiger charge is -1.98. The van der Waals surface area contributed by atoms with E-state index in [0.29, 0.717) is 0 Å². The highest BCUT2D eigenvalue weighted by Crippen LogP contribution is 2.08. The lowest BCUT2D eigenvalue weighted by molar-refractivity contribution is 0.712. The molecule has 0 bridgehead atoms. The summed E-state index contributed by atoms with van der Waals surface area (Å²) in [6.45, 7) is 3.80. The molecule has 0 aromatic heterocycles. The first kappa shape index (κ1) is 11.7. The average molecular weight is 191 g/mol. The van der Waals surface area contributed by atoms with Crippen molar-refractivity contribution in [3.05, 3.63) is 6.92 Å². The Balaban J connectivity index is 2.69. The van der Waals surface area contributed by atoms with Crippen LogP contribution < -0.4 is 0 Å². The van der Waals surface area contributed by atoms with E-state index >= 15 is 0 Å². The summed E-state index contributed by atoms with van der Waals surface area (Å²) in [6, 6.07) is 0. The van der Waals surface area contributed by atoms with E-state index in [1.165, 1.54) is 37.2 Å². The van der Waals surface area contributed by atoms with Crippen molar-refractivity contribution in [2.75, 3.05) is 17.3 Å². The van der Waals surface area contributed by atoms with Crippen LogP contribution in [0.15, 0.2) is 0 Å². The first-order valence-corrected chi connectivity index (χ1v) is 6.18. The van der Waals surface area contributed by atoms with Crippen LogP contribution in [0.1, 0.15) is 32.1 Å². The van der Waals surface area contributed by atoms with Gasteiger partial charge < -0.3 is 0 Å². The third kappa shape index (κ3) is 10.7. The monoisotopic (exact) mass is 191 g/mol. The molecule has 11 heavy (non-hydrogen) atoms. The van der Waals surface area contributed by atoms with Gasteiger partial charge in [0.1, 0.15) is 0 Å². The Labute approximate surface area is 80.9 Å². The summed E-state index contributed by atoms with van der Waals surface area (Å²) in [5.41, 5.74) is 0. The molecule has 0 rings (SSSR count). The van der Waals surface area contributed by atoms with Crippen LogP contribution in [0.5, 0.6) is 0 Å². The molecule has 0 atom stereocenters. The molecule has 0 aromatic rings. The van der Waals surface area contributed by atoms with Crippen LogP contribution >= 0.6 is 24.4 Å². The minimum Gasteiger partial charge on any atom is -0.179 e. The van der Waals surface area contributed by atoms with Crippen molar-refractivity contribution in [3.63, 3.8) is 0 Å². The number of hydrogen-bond donors (Lipinski definition) is 1. The van der Waals surface area contributed by atoms with Crippen molar-refractivity contribution in [1.82, 2.24) is 0 Å². The maximum atomic E-state index is 4.17. The van der Waals surface area contributed by atoms with Gasteiger partial charge in [-0.3, -0.25) is 0 Å². The van der Waals surface area contributed by atoms with Crippen LogP contribution in [-0.2, 0) is 0 Å². The molecule has 0 saturated carbocycles. The minimum atomic E-state index is 1.05. The van der Waals surface area contributed by atoms with Gasteiger partial charge in [0.25, 0.3) is 0 Å². The standard InChI is InChI=1S/C9H19S2/c1-2-8-11-9-6-4-3-5-7-10/h10H,1-9H2. The molecule has 0 aliphatic rings. The van der Waals surface area contributed by atoms with Crippen LogP contribution in [-0.4, -0.2) is 17.3 Å². The Morgan fingerprint density at radius 3 is 2.36 bits per heavy atom. The molecule has 0 aliphatic carbocycles. The molecule has 0 heterocycles. The fourth-order valence-electron chi connectivity index (χ4n) is 0.874. The quantitative estimate of drug-likeness (QED) is 0.453. The molecule has 0 spiro atoms. The second-order valence-corrected chi connectivity index (χ2v) is 4.28. The van der Waals surface area contributed by atoms with Crippen molar-refractivity contribution in [1.29, 1.82) is 0 Å².